The predicted octanol–water partition coefficient (Wildman–Crippen LogP) is 4.24. The summed E-state index contributed by atoms with van der Waals surface area (Å²) in [6.07, 6.45) is 1.58. The summed E-state index contributed by atoms with van der Waals surface area (Å²) in [5.74, 6) is 0.191. The molecule has 0 saturated carbocycles. The average Bonchev–Trinajstić information content (AvgIpc) is 2.45. The van der Waals surface area contributed by atoms with Crippen molar-refractivity contribution in [3.63, 3.8) is 0 Å². The smallest absolute Gasteiger partial charge is 0.274 e. The standard InChI is InChI=1S/C19H26N4O/c1-18(2,3)13-7-9-14(10-8-13)21-16(24)15-11-12-20-17(22-15)23-19(4,5)6/h7-12H,1-6H3,(H,21,24)(H,20,22,23). The number of aromatic nitrogens is 2. The number of anilines is 2. The third kappa shape index (κ3) is 5.05. The summed E-state index contributed by atoms with van der Waals surface area (Å²) in [6, 6.07) is 9.49. The molecule has 0 radical (unpaired) electrons. The molecule has 0 aliphatic rings. The van der Waals surface area contributed by atoms with Gasteiger partial charge in [-0.3, -0.25) is 4.79 Å². The number of nitrogens with one attached hydrogen (secondary N) is 2. The molecule has 0 aliphatic heterocycles. The zero-order chi connectivity index (χ0) is 18.0. The van der Waals surface area contributed by atoms with Gasteiger partial charge in [-0.25, -0.2) is 9.97 Å². The summed E-state index contributed by atoms with van der Waals surface area (Å²) < 4.78 is 0. The van der Waals surface area contributed by atoms with Crippen molar-refractivity contribution in [1.29, 1.82) is 0 Å². The highest BCUT2D eigenvalue weighted by atomic mass is 16.1. The monoisotopic (exact) mass is 326 g/mol. The van der Waals surface area contributed by atoms with Crippen LogP contribution in [-0.4, -0.2) is 21.4 Å². The first-order chi connectivity index (χ1) is 11.0. The number of carbonyl (C=O) groups excluding carboxylic acids is 1. The van der Waals surface area contributed by atoms with Gasteiger partial charge in [0.15, 0.2) is 0 Å². The zero-order valence-electron chi connectivity index (χ0n) is 15.3. The summed E-state index contributed by atoms with van der Waals surface area (Å²) in [7, 11) is 0. The molecular formula is C19H26N4O. The van der Waals surface area contributed by atoms with Crippen LogP contribution in [0.1, 0.15) is 57.6 Å². The Morgan fingerprint density at radius 3 is 2.12 bits per heavy atom. The van der Waals surface area contributed by atoms with Crippen LogP contribution in [0.5, 0.6) is 0 Å². The molecule has 1 aromatic heterocycles. The highest BCUT2D eigenvalue weighted by molar-refractivity contribution is 6.02. The summed E-state index contributed by atoms with van der Waals surface area (Å²) in [6.45, 7) is 12.5. The largest absolute Gasteiger partial charge is 0.350 e. The molecular weight excluding hydrogens is 300 g/mol. The lowest BCUT2D eigenvalue weighted by molar-refractivity contribution is 0.102. The van der Waals surface area contributed by atoms with Crippen LogP contribution in [0.25, 0.3) is 0 Å². The Morgan fingerprint density at radius 1 is 0.958 bits per heavy atom. The predicted molar refractivity (Wildman–Crippen MR) is 98.5 cm³/mol. The second-order valence-electron chi connectivity index (χ2n) is 7.92. The van der Waals surface area contributed by atoms with Gasteiger partial charge in [-0.05, 0) is 49.9 Å². The van der Waals surface area contributed by atoms with E-state index in [4.69, 9.17) is 0 Å². The lowest BCUT2D eigenvalue weighted by Crippen LogP contribution is -2.28. The molecule has 24 heavy (non-hydrogen) atoms. The Labute approximate surface area is 143 Å². The molecule has 0 atom stereocenters. The second-order valence-corrected chi connectivity index (χ2v) is 7.92. The fourth-order valence-corrected chi connectivity index (χ4v) is 2.13. The van der Waals surface area contributed by atoms with E-state index in [0.29, 0.717) is 11.6 Å². The van der Waals surface area contributed by atoms with Crippen molar-refractivity contribution in [1.82, 2.24) is 9.97 Å². The van der Waals surface area contributed by atoms with Gasteiger partial charge in [-0.15, -0.1) is 0 Å². The summed E-state index contributed by atoms with van der Waals surface area (Å²) in [5.41, 5.74) is 2.22. The Morgan fingerprint density at radius 2 is 1.58 bits per heavy atom. The molecule has 128 valence electrons. The second kappa shape index (κ2) is 6.59. The molecule has 5 nitrogen and oxygen atoms in total. The van der Waals surface area contributed by atoms with Crippen molar-refractivity contribution in [2.45, 2.75) is 52.5 Å². The summed E-state index contributed by atoms with van der Waals surface area (Å²) in [4.78, 5) is 20.8. The van der Waals surface area contributed by atoms with Gasteiger partial charge >= 0.3 is 0 Å². The third-order valence-corrected chi connectivity index (χ3v) is 3.38. The molecule has 0 spiro atoms. The van der Waals surface area contributed by atoms with E-state index in [-0.39, 0.29) is 16.9 Å². The van der Waals surface area contributed by atoms with Crippen molar-refractivity contribution in [2.24, 2.45) is 0 Å². The number of carbonyl (C=O) groups is 1. The van der Waals surface area contributed by atoms with E-state index < -0.39 is 0 Å². The SMILES string of the molecule is CC(C)(C)Nc1nccc(C(=O)Nc2ccc(C(C)(C)C)cc2)n1. The summed E-state index contributed by atoms with van der Waals surface area (Å²) >= 11 is 0. The molecule has 0 fully saturated rings. The van der Waals surface area contributed by atoms with E-state index in [0.717, 1.165) is 5.69 Å². The quantitative estimate of drug-likeness (QED) is 0.885. The van der Waals surface area contributed by atoms with Crippen molar-refractivity contribution in [2.75, 3.05) is 10.6 Å². The number of amides is 1. The topological polar surface area (TPSA) is 66.9 Å². The fourth-order valence-electron chi connectivity index (χ4n) is 2.13. The van der Waals surface area contributed by atoms with E-state index in [1.165, 1.54) is 5.56 Å². The minimum atomic E-state index is -0.252. The van der Waals surface area contributed by atoms with Crippen LogP contribution < -0.4 is 10.6 Å². The van der Waals surface area contributed by atoms with Gasteiger partial charge in [0, 0.05) is 17.4 Å². The molecule has 2 N–H and O–H groups in total. The molecule has 0 saturated heterocycles. The van der Waals surface area contributed by atoms with Gasteiger partial charge in [0.2, 0.25) is 5.95 Å². The first-order valence-corrected chi connectivity index (χ1v) is 8.08. The molecule has 2 aromatic rings. The van der Waals surface area contributed by atoms with Crippen molar-refractivity contribution < 1.29 is 4.79 Å². The molecule has 1 heterocycles. The summed E-state index contributed by atoms with van der Waals surface area (Å²) in [5, 5.41) is 6.03. The lowest BCUT2D eigenvalue weighted by atomic mass is 9.87. The van der Waals surface area contributed by atoms with E-state index in [1.807, 2.05) is 45.0 Å². The fraction of sp³-hybridized carbons (Fsp3) is 0.421. The van der Waals surface area contributed by atoms with Crippen molar-refractivity contribution in [3.8, 4) is 0 Å². The molecule has 1 amide bonds. The van der Waals surface area contributed by atoms with Gasteiger partial charge in [0.1, 0.15) is 5.69 Å². The van der Waals surface area contributed by atoms with Gasteiger partial charge in [0.25, 0.3) is 5.91 Å². The molecule has 1 aromatic carbocycles. The van der Waals surface area contributed by atoms with E-state index in [2.05, 4.69) is 41.4 Å². The van der Waals surface area contributed by atoms with Crippen LogP contribution >= 0.6 is 0 Å². The molecule has 0 unspecified atom stereocenters. The Kier molecular flexibility index (Phi) is 4.92. The van der Waals surface area contributed by atoms with Crippen LogP contribution in [0.4, 0.5) is 11.6 Å². The zero-order valence-corrected chi connectivity index (χ0v) is 15.3. The van der Waals surface area contributed by atoms with Crippen molar-refractivity contribution in [3.05, 3.63) is 47.8 Å². The molecule has 0 bridgehead atoms. The Balaban J connectivity index is 2.11. The minimum Gasteiger partial charge on any atom is -0.350 e. The van der Waals surface area contributed by atoms with Crippen LogP contribution in [0.2, 0.25) is 0 Å². The van der Waals surface area contributed by atoms with Gasteiger partial charge in [0.05, 0.1) is 0 Å². The maximum atomic E-state index is 12.4. The number of hydrogen-bond acceptors (Lipinski definition) is 4. The lowest BCUT2D eigenvalue weighted by Gasteiger charge is -2.20. The number of hydrogen-bond donors (Lipinski definition) is 2. The van der Waals surface area contributed by atoms with Gasteiger partial charge in [-0.1, -0.05) is 32.9 Å². The highest BCUT2D eigenvalue weighted by Gasteiger charge is 2.15. The van der Waals surface area contributed by atoms with E-state index in [9.17, 15) is 4.79 Å². The minimum absolute atomic E-state index is 0.0860. The molecule has 2 rings (SSSR count). The Bertz CT molecular complexity index is 709. The number of rotatable bonds is 3. The molecule has 0 aliphatic carbocycles. The first kappa shape index (κ1) is 17.9. The average molecular weight is 326 g/mol. The van der Waals surface area contributed by atoms with Gasteiger partial charge in [-0.2, -0.15) is 0 Å². The van der Waals surface area contributed by atoms with Crippen molar-refractivity contribution >= 4 is 17.5 Å². The van der Waals surface area contributed by atoms with E-state index in [1.54, 1.807) is 12.3 Å². The first-order valence-electron chi connectivity index (χ1n) is 8.08. The number of nitrogens with zero attached hydrogens (tertiary/aromatic N) is 2. The Hall–Kier alpha value is -2.43. The van der Waals surface area contributed by atoms with Crippen LogP contribution in [-0.2, 0) is 5.41 Å². The third-order valence-electron chi connectivity index (χ3n) is 3.38. The van der Waals surface area contributed by atoms with Crippen LogP contribution in [0.15, 0.2) is 36.5 Å². The normalized spacial score (nSPS) is 11.9. The molecule has 5 heteroatoms. The van der Waals surface area contributed by atoms with Crippen LogP contribution in [0.3, 0.4) is 0 Å². The van der Waals surface area contributed by atoms with Gasteiger partial charge < -0.3 is 10.6 Å². The number of benzene rings is 1. The van der Waals surface area contributed by atoms with Crippen LogP contribution in [0, 0.1) is 0 Å². The highest BCUT2D eigenvalue weighted by Crippen LogP contribution is 2.23. The maximum absolute atomic E-state index is 12.4. The maximum Gasteiger partial charge on any atom is 0.274 e. The van der Waals surface area contributed by atoms with E-state index >= 15 is 0 Å².